The van der Waals surface area contributed by atoms with E-state index in [1.165, 1.54) is 13.3 Å². The number of sulfonamides is 1. The van der Waals surface area contributed by atoms with E-state index < -0.39 is 10.0 Å². The van der Waals surface area contributed by atoms with Crippen molar-refractivity contribution in [2.45, 2.75) is 4.21 Å². The molecule has 0 radical (unpaired) electrons. The monoisotopic (exact) mass is 337 g/mol. The molecule has 7 nitrogen and oxygen atoms in total. The number of rotatable bonds is 3. The van der Waals surface area contributed by atoms with Gasteiger partial charge in [-0.25, -0.2) is 18.5 Å². The first-order chi connectivity index (χ1) is 9.41. The Morgan fingerprint density at radius 3 is 2.95 bits per heavy atom. The van der Waals surface area contributed by atoms with Crippen LogP contribution in [0.5, 0.6) is 0 Å². The molecule has 2 rings (SSSR count). The van der Waals surface area contributed by atoms with Crippen LogP contribution < -0.4 is 10.0 Å². The van der Waals surface area contributed by atoms with Crippen molar-refractivity contribution in [3.63, 3.8) is 0 Å². The summed E-state index contributed by atoms with van der Waals surface area (Å²) in [7, 11) is -2.37. The summed E-state index contributed by atoms with van der Waals surface area (Å²) in [4.78, 5) is 17.7. The maximum atomic E-state index is 11.7. The Hall–Kier alpha value is -0.840. The zero-order chi connectivity index (χ0) is 14.8. The second-order valence-electron chi connectivity index (χ2n) is 4.25. The van der Waals surface area contributed by atoms with Gasteiger partial charge in [0.1, 0.15) is 0 Å². The van der Waals surface area contributed by atoms with Crippen LogP contribution in [0.3, 0.4) is 0 Å². The third-order valence-corrected chi connectivity index (χ3v) is 6.40. The highest BCUT2D eigenvalue weighted by Crippen LogP contribution is 2.28. The van der Waals surface area contributed by atoms with Crippen molar-refractivity contribution in [3.05, 3.63) is 6.20 Å². The summed E-state index contributed by atoms with van der Waals surface area (Å²) in [5.41, 5.74) is 0. The summed E-state index contributed by atoms with van der Waals surface area (Å²) in [5, 5.41) is 5.63. The van der Waals surface area contributed by atoms with Crippen molar-refractivity contribution in [1.82, 2.24) is 4.98 Å². The van der Waals surface area contributed by atoms with Crippen molar-refractivity contribution >= 4 is 44.2 Å². The van der Waals surface area contributed by atoms with Crippen LogP contribution in [-0.2, 0) is 19.6 Å². The molecule has 112 valence electrons. The van der Waals surface area contributed by atoms with Crippen molar-refractivity contribution in [2.75, 3.05) is 36.6 Å². The molecular weight excluding hydrogens is 322 g/mol. The SMILES string of the molecule is COC(=O)C1CSCCN(c2ncc(S(N)(=O)=O)s2)C1. The fraction of sp³-hybridized carbons (Fsp3) is 0.600. The Morgan fingerprint density at radius 2 is 2.35 bits per heavy atom. The molecule has 1 aliphatic rings. The number of anilines is 1. The molecule has 2 N–H and O–H groups in total. The molecular formula is C10H15N3O4S3. The van der Waals surface area contributed by atoms with E-state index in [9.17, 15) is 13.2 Å². The zero-order valence-electron chi connectivity index (χ0n) is 10.8. The van der Waals surface area contributed by atoms with E-state index in [4.69, 9.17) is 9.88 Å². The summed E-state index contributed by atoms with van der Waals surface area (Å²) in [5.74, 6) is 1.04. The quantitative estimate of drug-likeness (QED) is 0.782. The standard InChI is InChI=1S/C10H15N3O4S3/c1-17-9(14)7-5-13(2-3-18-6-7)10-12-4-8(19-10)20(11,15)16/h4,7H,2-3,5-6H2,1H3,(H2,11,15,16). The number of esters is 1. The van der Waals surface area contributed by atoms with Gasteiger partial charge in [0.05, 0.1) is 19.2 Å². The van der Waals surface area contributed by atoms with Crippen molar-refractivity contribution in [1.29, 1.82) is 0 Å². The van der Waals surface area contributed by atoms with Gasteiger partial charge in [-0.05, 0) is 0 Å². The molecule has 0 amide bonds. The lowest BCUT2D eigenvalue weighted by atomic mass is 10.2. The van der Waals surface area contributed by atoms with Gasteiger partial charge in [0.15, 0.2) is 9.34 Å². The summed E-state index contributed by atoms with van der Waals surface area (Å²) in [6.07, 6.45) is 1.25. The van der Waals surface area contributed by atoms with Gasteiger partial charge < -0.3 is 9.64 Å². The maximum Gasteiger partial charge on any atom is 0.311 e. The minimum atomic E-state index is -3.73. The first kappa shape index (κ1) is 15.5. The summed E-state index contributed by atoms with van der Waals surface area (Å²) in [6.45, 7) is 1.17. The second-order valence-corrected chi connectivity index (χ2v) is 8.20. The van der Waals surface area contributed by atoms with E-state index in [2.05, 4.69) is 4.98 Å². The molecule has 0 aromatic carbocycles. The van der Waals surface area contributed by atoms with E-state index >= 15 is 0 Å². The Labute approximate surface area is 125 Å². The van der Waals surface area contributed by atoms with E-state index in [1.807, 2.05) is 4.90 Å². The average molecular weight is 337 g/mol. The Kier molecular flexibility index (Phi) is 4.89. The average Bonchev–Trinajstić information content (AvgIpc) is 2.77. The number of nitrogens with zero attached hydrogens (tertiary/aromatic N) is 2. The van der Waals surface area contributed by atoms with E-state index in [0.29, 0.717) is 24.0 Å². The van der Waals surface area contributed by atoms with E-state index in [0.717, 1.165) is 17.1 Å². The first-order valence-electron chi connectivity index (χ1n) is 5.81. The number of methoxy groups -OCH3 is 1. The molecule has 0 aliphatic carbocycles. The predicted octanol–water partition coefficient (Wildman–Crippen LogP) is 0.133. The molecule has 1 aliphatic heterocycles. The van der Waals surface area contributed by atoms with Gasteiger partial charge in [0.2, 0.25) is 10.0 Å². The molecule has 1 fully saturated rings. The molecule has 20 heavy (non-hydrogen) atoms. The third-order valence-electron chi connectivity index (χ3n) is 2.82. The van der Waals surface area contributed by atoms with Crippen molar-refractivity contribution in [2.24, 2.45) is 11.1 Å². The first-order valence-corrected chi connectivity index (χ1v) is 9.32. The number of thiazole rings is 1. The number of carbonyl (C=O) groups excluding carboxylic acids is 1. The van der Waals surface area contributed by atoms with Gasteiger partial charge in [0.25, 0.3) is 0 Å². The molecule has 1 unspecified atom stereocenters. The summed E-state index contributed by atoms with van der Waals surface area (Å²) >= 11 is 2.69. The number of ether oxygens (including phenoxy) is 1. The molecule has 2 heterocycles. The van der Waals surface area contributed by atoms with Gasteiger partial charge in [-0.2, -0.15) is 11.8 Å². The van der Waals surface area contributed by atoms with Gasteiger partial charge in [-0.1, -0.05) is 11.3 Å². The topological polar surface area (TPSA) is 103 Å². The molecule has 1 aromatic rings. The summed E-state index contributed by atoms with van der Waals surface area (Å²) < 4.78 is 27.3. The van der Waals surface area contributed by atoms with Crippen LogP contribution in [0.2, 0.25) is 0 Å². The number of hydrogen-bond acceptors (Lipinski definition) is 8. The van der Waals surface area contributed by atoms with Gasteiger partial charge in [0, 0.05) is 24.6 Å². The fourth-order valence-corrected chi connectivity index (χ4v) is 4.44. The number of primary sulfonamides is 1. The van der Waals surface area contributed by atoms with Gasteiger partial charge >= 0.3 is 5.97 Å². The van der Waals surface area contributed by atoms with Crippen LogP contribution in [0.4, 0.5) is 5.13 Å². The van der Waals surface area contributed by atoms with Crippen LogP contribution in [0.1, 0.15) is 0 Å². The lowest BCUT2D eigenvalue weighted by Gasteiger charge is -2.21. The minimum Gasteiger partial charge on any atom is -0.469 e. The lowest BCUT2D eigenvalue weighted by Crippen LogP contribution is -2.34. The maximum absolute atomic E-state index is 11.7. The van der Waals surface area contributed by atoms with Crippen LogP contribution in [-0.4, -0.2) is 51.1 Å². The molecule has 1 atom stereocenters. The summed E-state index contributed by atoms with van der Waals surface area (Å²) in [6, 6.07) is 0. The Bertz CT molecular complexity index is 586. The predicted molar refractivity (Wildman–Crippen MR) is 78.5 cm³/mol. The molecule has 10 heteroatoms. The highest BCUT2D eigenvalue weighted by Gasteiger charge is 2.27. The number of nitrogens with two attached hydrogens (primary N) is 1. The molecule has 1 saturated heterocycles. The van der Waals surface area contributed by atoms with Crippen LogP contribution >= 0.6 is 23.1 Å². The largest absolute Gasteiger partial charge is 0.469 e. The van der Waals surface area contributed by atoms with Gasteiger partial charge in [-0.3, -0.25) is 4.79 Å². The second kappa shape index (κ2) is 6.29. The van der Waals surface area contributed by atoms with Crippen molar-refractivity contribution in [3.8, 4) is 0 Å². The Morgan fingerprint density at radius 1 is 1.60 bits per heavy atom. The lowest BCUT2D eigenvalue weighted by molar-refractivity contribution is -0.144. The highest BCUT2D eigenvalue weighted by atomic mass is 32.2. The third kappa shape index (κ3) is 3.62. The normalized spacial score (nSPS) is 20.5. The molecule has 0 spiro atoms. The zero-order valence-corrected chi connectivity index (χ0v) is 13.3. The number of thioether (sulfide) groups is 1. The fourth-order valence-electron chi connectivity index (χ4n) is 1.82. The highest BCUT2D eigenvalue weighted by molar-refractivity contribution is 7.99. The Balaban J connectivity index is 2.18. The number of carbonyl (C=O) groups is 1. The minimum absolute atomic E-state index is 0.0269. The van der Waals surface area contributed by atoms with Crippen molar-refractivity contribution < 1.29 is 17.9 Å². The van der Waals surface area contributed by atoms with Crippen LogP contribution in [0.25, 0.3) is 0 Å². The smallest absolute Gasteiger partial charge is 0.311 e. The number of hydrogen-bond donors (Lipinski definition) is 1. The van der Waals surface area contributed by atoms with E-state index in [1.54, 1.807) is 11.8 Å². The molecule has 1 aromatic heterocycles. The number of aromatic nitrogens is 1. The van der Waals surface area contributed by atoms with Crippen LogP contribution in [0.15, 0.2) is 10.4 Å². The van der Waals surface area contributed by atoms with Gasteiger partial charge in [-0.15, -0.1) is 0 Å². The molecule has 0 bridgehead atoms. The molecule has 0 saturated carbocycles. The van der Waals surface area contributed by atoms with Crippen LogP contribution in [0, 0.1) is 5.92 Å². The van der Waals surface area contributed by atoms with E-state index in [-0.39, 0.29) is 16.1 Å².